The molecule has 0 bridgehead atoms. The lowest BCUT2D eigenvalue weighted by atomic mass is 10.1. The first-order valence-corrected chi connectivity index (χ1v) is 11.1. The van der Waals surface area contributed by atoms with E-state index in [9.17, 15) is 13.2 Å². The maximum atomic E-state index is 13.1. The van der Waals surface area contributed by atoms with Gasteiger partial charge in [-0.05, 0) is 37.5 Å². The number of nitrogens with zero attached hydrogens (tertiary/aromatic N) is 3. The van der Waals surface area contributed by atoms with Crippen molar-refractivity contribution in [3.63, 3.8) is 0 Å². The predicted octanol–water partition coefficient (Wildman–Crippen LogP) is 2.43. The summed E-state index contributed by atoms with van der Waals surface area (Å²) in [7, 11) is -3.04. The van der Waals surface area contributed by atoms with Crippen LogP contribution in [0.1, 0.15) is 29.3 Å². The van der Waals surface area contributed by atoms with Gasteiger partial charge >= 0.3 is 0 Å². The Kier molecular flexibility index (Phi) is 4.63. The van der Waals surface area contributed by atoms with Gasteiger partial charge in [-0.2, -0.15) is 0 Å². The lowest BCUT2D eigenvalue weighted by molar-refractivity contribution is 0.0708. The molecule has 0 aliphatic carbocycles. The summed E-state index contributed by atoms with van der Waals surface area (Å²) in [5, 5.41) is 0. The molecule has 0 radical (unpaired) electrons. The fourth-order valence-electron chi connectivity index (χ4n) is 4.05. The summed E-state index contributed by atoms with van der Waals surface area (Å²) in [6.07, 6.45) is 4.82. The second-order valence-electron chi connectivity index (χ2n) is 7.11. The van der Waals surface area contributed by atoms with E-state index in [2.05, 4.69) is 22.0 Å². The van der Waals surface area contributed by atoms with Gasteiger partial charge < -0.3 is 9.80 Å². The van der Waals surface area contributed by atoms with Crippen molar-refractivity contribution in [2.24, 2.45) is 0 Å². The number of anilines is 2. The first-order chi connectivity index (χ1) is 13.0. The summed E-state index contributed by atoms with van der Waals surface area (Å²) in [6.45, 7) is 3.23. The number of sulfone groups is 1. The lowest BCUT2D eigenvalue weighted by Crippen LogP contribution is -2.41. The second kappa shape index (κ2) is 6.96. The standard InChI is InChI=1S/C20H23N3O3S/c1-2-22(17-8-10-27(25,26)14-17)20(24)16-11-18(13-21-12-16)23-9-7-15-5-3-4-6-19(15)23/h3-6,11-13,17H,2,7-10,14H2,1H3. The number of para-hydroxylation sites is 1. The molecule has 27 heavy (non-hydrogen) atoms. The average molecular weight is 385 g/mol. The van der Waals surface area contributed by atoms with Crippen LogP contribution < -0.4 is 4.90 Å². The molecule has 1 saturated heterocycles. The Hall–Kier alpha value is -2.41. The van der Waals surface area contributed by atoms with Crippen molar-refractivity contribution in [2.45, 2.75) is 25.8 Å². The van der Waals surface area contributed by atoms with Crippen LogP contribution in [-0.2, 0) is 16.3 Å². The maximum absolute atomic E-state index is 13.1. The molecule has 2 aliphatic rings. The van der Waals surface area contributed by atoms with Crippen LogP contribution in [0, 0.1) is 0 Å². The number of hydrogen-bond acceptors (Lipinski definition) is 5. The van der Waals surface area contributed by atoms with E-state index in [1.54, 1.807) is 17.3 Å². The largest absolute Gasteiger partial charge is 0.340 e. The van der Waals surface area contributed by atoms with Crippen LogP contribution in [0.3, 0.4) is 0 Å². The minimum absolute atomic E-state index is 0.0548. The molecular formula is C20H23N3O3S. The summed E-state index contributed by atoms with van der Waals surface area (Å²) in [5.74, 6) is 0.0604. The van der Waals surface area contributed by atoms with E-state index in [4.69, 9.17) is 0 Å². The molecule has 142 valence electrons. The van der Waals surface area contributed by atoms with Gasteiger partial charge in [0.25, 0.3) is 5.91 Å². The Balaban J connectivity index is 1.60. The SMILES string of the molecule is CCN(C(=O)c1cncc(N2CCc3ccccc32)c1)C1CCS(=O)(=O)C1. The quantitative estimate of drug-likeness (QED) is 0.808. The Morgan fingerprint density at radius 2 is 2.11 bits per heavy atom. The molecule has 1 unspecified atom stereocenters. The molecule has 0 saturated carbocycles. The monoisotopic (exact) mass is 385 g/mol. The van der Waals surface area contributed by atoms with Crippen molar-refractivity contribution in [1.29, 1.82) is 0 Å². The Bertz CT molecular complexity index is 974. The molecule has 6 nitrogen and oxygen atoms in total. The van der Waals surface area contributed by atoms with E-state index in [-0.39, 0.29) is 23.5 Å². The highest BCUT2D eigenvalue weighted by molar-refractivity contribution is 7.91. The fourth-order valence-corrected chi connectivity index (χ4v) is 5.78. The van der Waals surface area contributed by atoms with E-state index in [1.165, 1.54) is 5.56 Å². The molecule has 1 aromatic heterocycles. The van der Waals surface area contributed by atoms with Gasteiger partial charge in [0.1, 0.15) is 0 Å². The van der Waals surface area contributed by atoms with Gasteiger partial charge in [-0.15, -0.1) is 0 Å². The molecule has 0 N–H and O–H groups in total. The Labute approximate surface area is 159 Å². The second-order valence-corrected chi connectivity index (χ2v) is 9.34. The molecule has 1 atom stereocenters. The van der Waals surface area contributed by atoms with Crippen molar-refractivity contribution in [3.05, 3.63) is 53.9 Å². The van der Waals surface area contributed by atoms with E-state index in [0.29, 0.717) is 18.5 Å². The van der Waals surface area contributed by atoms with E-state index in [0.717, 1.165) is 24.3 Å². The summed E-state index contributed by atoms with van der Waals surface area (Å²) in [5.41, 5.74) is 3.84. The van der Waals surface area contributed by atoms with E-state index < -0.39 is 9.84 Å². The Morgan fingerprint density at radius 1 is 1.30 bits per heavy atom. The maximum Gasteiger partial charge on any atom is 0.255 e. The zero-order valence-electron chi connectivity index (χ0n) is 15.3. The minimum Gasteiger partial charge on any atom is -0.340 e. The molecule has 1 amide bonds. The van der Waals surface area contributed by atoms with E-state index in [1.807, 2.05) is 25.1 Å². The number of pyridine rings is 1. The van der Waals surface area contributed by atoms with Crippen molar-refractivity contribution in [1.82, 2.24) is 9.88 Å². The van der Waals surface area contributed by atoms with Gasteiger partial charge in [0.2, 0.25) is 0 Å². The minimum atomic E-state index is -3.04. The van der Waals surface area contributed by atoms with Crippen LogP contribution in [0.2, 0.25) is 0 Å². The van der Waals surface area contributed by atoms with Gasteiger partial charge in [-0.25, -0.2) is 8.42 Å². The zero-order valence-corrected chi connectivity index (χ0v) is 16.2. The van der Waals surface area contributed by atoms with E-state index >= 15 is 0 Å². The molecule has 2 aliphatic heterocycles. The molecule has 1 aromatic carbocycles. The highest BCUT2D eigenvalue weighted by Gasteiger charge is 2.34. The third-order valence-electron chi connectivity index (χ3n) is 5.42. The summed E-state index contributed by atoms with van der Waals surface area (Å²) in [4.78, 5) is 21.2. The van der Waals surface area contributed by atoms with Crippen LogP contribution in [0.15, 0.2) is 42.7 Å². The van der Waals surface area contributed by atoms with Crippen LogP contribution in [0.4, 0.5) is 11.4 Å². The van der Waals surface area contributed by atoms with Gasteiger partial charge in [-0.1, -0.05) is 18.2 Å². The molecule has 3 heterocycles. The molecule has 2 aromatic rings. The van der Waals surface area contributed by atoms with Crippen LogP contribution in [-0.4, -0.2) is 54.8 Å². The number of carbonyl (C=O) groups is 1. The highest BCUT2D eigenvalue weighted by atomic mass is 32.2. The van der Waals surface area contributed by atoms with Crippen LogP contribution >= 0.6 is 0 Å². The number of rotatable bonds is 4. The molecule has 0 spiro atoms. The van der Waals surface area contributed by atoms with Crippen molar-refractivity contribution in [2.75, 3.05) is 29.5 Å². The van der Waals surface area contributed by atoms with Gasteiger partial charge in [0.15, 0.2) is 9.84 Å². The fraction of sp³-hybridized carbons (Fsp3) is 0.400. The van der Waals surface area contributed by atoms with Gasteiger partial charge in [0.05, 0.1) is 29.0 Å². The van der Waals surface area contributed by atoms with Crippen molar-refractivity contribution in [3.8, 4) is 0 Å². The molecule has 4 rings (SSSR count). The van der Waals surface area contributed by atoms with Crippen LogP contribution in [0.5, 0.6) is 0 Å². The molecular weight excluding hydrogens is 362 g/mol. The number of fused-ring (bicyclic) bond motifs is 1. The number of amides is 1. The zero-order chi connectivity index (χ0) is 19.0. The lowest BCUT2D eigenvalue weighted by Gasteiger charge is -2.27. The normalized spacial score (nSPS) is 20.5. The third kappa shape index (κ3) is 3.43. The molecule has 1 fully saturated rings. The van der Waals surface area contributed by atoms with Gasteiger partial charge in [-0.3, -0.25) is 9.78 Å². The highest BCUT2D eigenvalue weighted by Crippen LogP contribution is 2.34. The summed E-state index contributed by atoms with van der Waals surface area (Å²) in [6, 6.07) is 9.87. The van der Waals surface area contributed by atoms with Crippen LogP contribution in [0.25, 0.3) is 0 Å². The predicted molar refractivity (Wildman–Crippen MR) is 105 cm³/mol. The average Bonchev–Trinajstić information content (AvgIpc) is 3.25. The number of hydrogen-bond donors (Lipinski definition) is 0. The third-order valence-corrected chi connectivity index (χ3v) is 7.17. The number of benzene rings is 1. The van der Waals surface area contributed by atoms with Crippen molar-refractivity contribution >= 4 is 27.1 Å². The first kappa shape index (κ1) is 18.0. The summed E-state index contributed by atoms with van der Waals surface area (Å²) < 4.78 is 23.6. The number of carbonyl (C=O) groups excluding carboxylic acids is 1. The van der Waals surface area contributed by atoms with Gasteiger partial charge in [0, 0.05) is 31.0 Å². The van der Waals surface area contributed by atoms with Crippen molar-refractivity contribution < 1.29 is 13.2 Å². The summed E-state index contributed by atoms with van der Waals surface area (Å²) >= 11 is 0. The Morgan fingerprint density at radius 3 is 2.85 bits per heavy atom. The smallest absolute Gasteiger partial charge is 0.255 e. The topological polar surface area (TPSA) is 70.6 Å². The molecule has 7 heteroatoms. The first-order valence-electron chi connectivity index (χ1n) is 9.30. The number of aromatic nitrogens is 1.